The molecule has 0 aliphatic rings. The summed E-state index contributed by atoms with van der Waals surface area (Å²) in [6.45, 7) is 9.24. The molecular formula is C14H20N4. The van der Waals surface area contributed by atoms with Gasteiger partial charge in [0.2, 0.25) is 0 Å². The molecule has 0 saturated heterocycles. The lowest BCUT2D eigenvalue weighted by Crippen LogP contribution is -2.35. The Balaban J connectivity index is 2.26. The minimum absolute atomic E-state index is 0.0904. The highest BCUT2D eigenvalue weighted by molar-refractivity contribution is 5.38. The molecule has 0 bridgehead atoms. The van der Waals surface area contributed by atoms with Crippen LogP contribution in [0.1, 0.15) is 32.0 Å². The van der Waals surface area contributed by atoms with Gasteiger partial charge in [0.15, 0.2) is 0 Å². The van der Waals surface area contributed by atoms with E-state index in [1.807, 2.05) is 36.1 Å². The standard InChI is InChI=1S/C14H20N4/c1-11-6-8-18(17-11)13-5-7-15-9-12(13)10-16-14(2,3)4/h5-9,16H,10H2,1-4H3. The Morgan fingerprint density at radius 3 is 2.67 bits per heavy atom. The van der Waals surface area contributed by atoms with Gasteiger partial charge in [-0.25, -0.2) is 4.68 Å². The van der Waals surface area contributed by atoms with Gasteiger partial charge in [-0.1, -0.05) is 0 Å². The molecule has 4 heteroatoms. The number of hydrogen-bond acceptors (Lipinski definition) is 3. The zero-order valence-electron chi connectivity index (χ0n) is 11.4. The van der Waals surface area contributed by atoms with E-state index >= 15 is 0 Å². The summed E-state index contributed by atoms with van der Waals surface area (Å²) in [5, 5.41) is 7.92. The summed E-state index contributed by atoms with van der Waals surface area (Å²) in [5.74, 6) is 0. The highest BCUT2D eigenvalue weighted by Crippen LogP contribution is 2.14. The van der Waals surface area contributed by atoms with Gasteiger partial charge in [-0.3, -0.25) is 4.98 Å². The molecule has 96 valence electrons. The first-order valence-corrected chi connectivity index (χ1v) is 6.16. The Kier molecular flexibility index (Phi) is 3.48. The van der Waals surface area contributed by atoms with Gasteiger partial charge in [0, 0.05) is 36.2 Å². The van der Waals surface area contributed by atoms with E-state index in [4.69, 9.17) is 0 Å². The number of nitrogens with zero attached hydrogens (tertiary/aromatic N) is 3. The van der Waals surface area contributed by atoms with Crippen LogP contribution in [0.3, 0.4) is 0 Å². The summed E-state index contributed by atoms with van der Waals surface area (Å²) in [6.07, 6.45) is 5.67. The highest BCUT2D eigenvalue weighted by atomic mass is 15.3. The summed E-state index contributed by atoms with van der Waals surface area (Å²) in [6, 6.07) is 3.99. The van der Waals surface area contributed by atoms with Crippen molar-refractivity contribution in [1.82, 2.24) is 20.1 Å². The first-order chi connectivity index (χ1) is 8.46. The van der Waals surface area contributed by atoms with Crippen LogP contribution in [0.15, 0.2) is 30.7 Å². The van der Waals surface area contributed by atoms with E-state index in [0.29, 0.717) is 0 Å². The average molecular weight is 244 g/mol. The largest absolute Gasteiger partial charge is 0.308 e. The number of aryl methyl sites for hydroxylation is 1. The summed E-state index contributed by atoms with van der Waals surface area (Å²) in [7, 11) is 0. The zero-order chi connectivity index (χ0) is 13.2. The fourth-order valence-corrected chi connectivity index (χ4v) is 1.69. The molecule has 2 heterocycles. The van der Waals surface area contributed by atoms with Gasteiger partial charge in [0.05, 0.1) is 11.4 Å². The third-order valence-corrected chi connectivity index (χ3v) is 2.66. The van der Waals surface area contributed by atoms with E-state index in [2.05, 4.69) is 36.2 Å². The third-order valence-electron chi connectivity index (χ3n) is 2.66. The average Bonchev–Trinajstić information content (AvgIpc) is 2.72. The topological polar surface area (TPSA) is 42.7 Å². The van der Waals surface area contributed by atoms with Crippen LogP contribution in [0.2, 0.25) is 0 Å². The number of pyridine rings is 1. The maximum Gasteiger partial charge on any atom is 0.0721 e. The molecule has 0 saturated carbocycles. The molecule has 1 N–H and O–H groups in total. The highest BCUT2D eigenvalue weighted by Gasteiger charge is 2.11. The van der Waals surface area contributed by atoms with Gasteiger partial charge in [-0.2, -0.15) is 5.10 Å². The fourth-order valence-electron chi connectivity index (χ4n) is 1.69. The van der Waals surface area contributed by atoms with Gasteiger partial charge < -0.3 is 5.32 Å². The number of nitrogens with one attached hydrogen (secondary N) is 1. The van der Waals surface area contributed by atoms with Crippen molar-refractivity contribution in [3.05, 3.63) is 42.0 Å². The monoisotopic (exact) mass is 244 g/mol. The number of rotatable bonds is 3. The van der Waals surface area contributed by atoms with Crippen LogP contribution in [-0.2, 0) is 6.54 Å². The molecule has 0 unspecified atom stereocenters. The van der Waals surface area contributed by atoms with E-state index in [9.17, 15) is 0 Å². The Morgan fingerprint density at radius 1 is 1.28 bits per heavy atom. The molecule has 0 amide bonds. The molecule has 2 aromatic rings. The normalized spacial score (nSPS) is 11.8. The van der Waals surface area contributed by atoms with E-state index in [1.54, 1.807) is 6.20 Å². The van der Waals surface area contributed by atoms with Crippen molar-refractivity contribution < 1.29 is 0 Å². The Hall–Kier alpha value is -1.68. The van der Waals surface area contributed by atoms with Crippen molar-refractivity contribution in [3.8, 4) is 5.69 Å². The maximum atomic E-state index is 4.45. The summed E-state index contributed by atoms with van der Waals surface area (Å²) < 4.78 is 1.90. The molecular weight excluding hydrogens is 224 g/mol. The maximum absolute atomic E-state index is 4.45. The zero-order valence-corrected chi connectivity index (χ0v) is 11.4. The van der Waals surface area contributed by atoms with Gasteiger partial charge in [-0.05, 0) is 39.8 Å². The summed E-state index contributed by atoms with van der Waals surface area (Å²) >= 11 is 0. The van der Waals surface area contributed by atoms with Crippen LogP contribution >= 0.6 is 0 Å². The minimum Gasteiger partial charge on any atom is -0.308 e. The molecule has 0 atom stereocenters. The predicted molar refractivity (Wildman–Crippen MR) is 72.7 cm³/mol. The number of aromatic nitrogens is 3. The molecule has 4 nitrogen and oxygen atoms in total. The summed E-state index contributed by atoms with van der Waals surface area (Å²) in [4.78, 5) is 4.20. The van der Waals surface area contributed by atoms with Crippen molar-refractivity contribution in [2.45, 2.75) is 39.8 Å². The van der Waals surface area contributed by atoms with Gasteiger partial charge in [0.1, 0.15) is 0 Å². The summed E-state index contributed by atoms with van der Waals surface area (Å²) in [5.41, 5.74) is 3.33. The second-order valence-electron chi connectivity index (χ2n) is 5.51. The van der Waals surface area contributed by atoms with Gasteiger partial charge in [-0.15, -0.1) is 0 Å². The SMILES string of the molecule is Cc1ccn(-c2ccncc2CNC(C)(C)C)n1. The van der Waals surface area contributed by atoms with Crippen LogP contribution in [0.25, 0.3) is 5.69 Å². The van der Waals surface area contributed by atoms with Gasteiger partial charge >= 0.3 is 0 Å². The second-order valence-corrected chi connectivity index (χ2v) is 5.51. The molecule has 2 rings (SSSR count). The van der Waals surface area contributed by atoms with E-state index in [0.717, 1.165) is 23.5 Å². The Bertz CT molecular complexity index is 523. The van der Waals surface area contributed by atoms with Crippen molar-refractivity contribution in [2.75, 3.05) is 0 Å². The Labute approximate surface area is 108 Å². The second kappa shape index (κ2) is 4.90. The van der Waals surface area contributed by atoms with Crippen LogP contribution in [0, 0.1) is 6.92 Å². The van der Waals surface area contributed by atoms with E-state index < -0.39 is 0 Å². The molecule has 0 aromatic carbocycles. The lowest BCUT2D eigenvalue weighted by Gasteiger charge is -2.21. The molecule has 0 aliphatic heterocycles. The lowest BCUT2D eigenvalue weighted by atomic mass is 10.1. The predicted octanol–water partition coefficient (Wildman–Crippen LogP) is 2.46. The molecule has 0 spiro atoms. The minimum atomic E-state index is 0.0904. The Morgan fingerprint density at radius 2 is 2.06 bits per heavy atom. The van der Waals surface area contributed by atoms with E-state index in [-0.39, 0.29) is 5.54 Å². The molecule has 0 aliphatic carbocycles. The van der Waals surface area contributed by atoms with Crippen LogP contribution in [-0.4, -0.2) is 20.3 Å². The first-order valence-electron chi connectivity index (χ1n) is 6.16. The van der Waals surface area contributed by atoms with Crippen molar-refractivity contribution >= 4 is 0 Å². The lowest BCUT2D eigenvalue weighted by molar-refractivity contribution is 0.423. The van der Waals surface area contributed by atoms with Crippen molar-refractivity contribution in [2.24, 2.45) is 0 Å². The van der Waals surface area contributed by atoms with E-state index in [1.165, 1.54) is 0 Å². The van der Waals surface area contributed by atoms with Crippen LogP contribution in [0.5, 0.6) is 0 Å². The van der Waals surface area contributed by atoms with Crippen LogP contribution < -0.4 is 5.32 Å². The molecule has 0 fully saturated rings. The van der Waals surface area contributed by atoms with Crippen molar-refractivity contribution in [1.29, 1.82) is 0 Å². The molecule has 0 radical (unpaired) electrons. The third kappa shape index (κ3) is 3.17. The number of hydrogen-bond donors (Lipinski definition) is 1. The van der Waals surface area contributed by atoms with Gasteiger partial charge in [0.25, 0.3) is 0 Å². The smallest absolute Gasteiger partial charge is 0.0721 e. The van der Waals surface area contributed by atoms with Crippen molar-refractivity contribution in [3.63, 3.8) is 0 Å². The quantitative estimate of drug-likeness (QED) is 0.902. The fraction of sp³-hybridized carbons (Fsp3) is 0.429. The van der Waals surface area contributed by atoms with Crippen LogP contribution in [0.4, 0.5) is 0 Å². The molecule has 2 aromatic heterocycles. The first kappa shape index (κ1) is 12.8. The molecule has 18 heavy (non-hydrogen) atoms.